The summed E-state index contributed by atoms with van der Waals surface area (Å²) in [6, 6.07) is 6.83. The number of halogens is 1. The number of hydrogen-bond donors (Lipinski definition) is 2. The summed E-state index contributed by atoms with van der Waals surface area (Å²) in [7, 11) is 0. The third-order valence-corrected chi connectivity index (χ3v) is 4.00. The molecule has 2 rings (SSSR count). The molecule has 0 bridgehead atoms. The van der Waals surface area contributed by atoms with Crippen LogP contribution in [0.2, 0.25) is 5.02 Å². The maximum absolute atomic E-state index is 12.2. The van der Waals surface area contributed by atoms with Gasteiger partial charge in [0, 0.05) is 17.1 Å². The van der Waals surface area contributed by atoms with E-state index in [-0.39, 0.29) is 11.8 Å². The molecule has 2 N–H and O–H groups in total. The fourth-order valence-electron chi connectivity index (χ4n) is 1.59. The number of amides is 2. The summed E-state index contributed by atoms with van der Waals surface area (Å²) < 4.78 is 0. The van der Waals surface area contributed by atoms with Crippen LogP contribution in [0.5, 0.6) is 0 Å². The van der Waals surface area contributed by atoms with Gasteiger partial charge in [-0.05, 0) is 31.2 Å². The number of aromatic nitrogens is 1. The molecule has 1 aromatic carbocycles. The van der Waals surface area contributed by atoms with Gasteiger partial charge < -0.3 is 10.6 Å². The summed E-state index contributed by atoms with van der Waals surface area (Å²) in [4.78, 5) is 28.2. The normalized spacial score (nSPS) is 10.2. The van der Waals surface area contributed by atoms with Crippen molar-refractivity contribution in [2.75, 3.05) is 10.6 Å². The molecule has 0 aliphatic rings. The fraction of sp³-hybridized carbons (Fsp3) is 0.214. The highest BCUT2D eigenvalue weighted by molar-refractivity contribution is 7.17. The Kier molecular flexibility index (Phi) is 4.93. The Balaban J connectivity index is 2.12. The van der Waals surface area contributed by atoms with Crippen LogP contribution in [0.25, 0.3) is 0 Å². The second-order valence-corrected chi connectivity index (χ2v) is 5.73. The van der Waals surface area contributed by atoms with E-state index in [1.165, 1.54) is 0 Å². The maximum atomic E-state index is 12.2. The van der Waals surface area contributed by atoms with Crippen LogP contribution >= 0.6 is 22.9 Å². The Morgan fingerprint density at radius 3 is 2.52 bits per heavy atom. The van der Waals surface area contributed by atoms with Crippen LogP contribution in [0.1, 0.15) is 28.7 Å². The van der Waals surface area contributed by atoms with Gasteiger partial charge in [0.1, 0.15) is 4.88 Å². The molecule has 1 heterocycles. The largest absolute Gasteiger partial charge is 0.321 e. The number of carbonyl (C=O) groups is 2. The number of nitrogens with zero attached hydrogens (tertiary/aromatic N) is 1. The average molecular weight is 324 g/mol. The van der Waals surface area contributed by atoms with E-state index in [4.69, 9.17) is 11.6 Å². The zero-order valence-electron chi connectivity index (χ0n) is 11.6. The van der Waals surface area contributed by atoms with E-state index in [2.05, 4.69) is 15.6 Å². The van der Waals surface area contributed by atoms with Crippen LogP contribution in [0, 0.1) is 6.92 Å². The Morgan fingerprint density at radius 1 is 1.24 bits per heavy atom. The van der Waals surface area contributed by atoms with Crippen LogP contribution in [-0.4, -0.2) is 16.8 Å². The van der Waals surface area contributed by atoms with Crippen molar-refractivity contribution in [2.24, 2.45) is 0 Å². The summed E-state index contributed by atoms with van der Waals surface area (Å²) in [5.41, 5.74) is 1.23. The van der Waals surface area contributed by atoms with Crippen molar-refractivity contribution in [3.63, 3.8) is 0 Å². The fourth-order valence-corrected chi connectivity index (χ4v) is 2.59. The molecule has 0 aliphatic carbocycles. The number of rotatable bonds is 4. The van der Waals surface area contributed by atoms with Crippen LogP contribution < -0.4 is 10.6 Å². The molecule has 21 heavy (non-hydrogen) atoms. The van der Waals surface area contributed by atoms with E-state index in [0.717, 1.165) is 11.3 Å². The molecule has 0 saturated carbocycles. The van der Waals surface area contributed by atoms with Crippen molar-refractivity contribution < 1.29 is 9.59 Å². The lowest BCUT2D eigenvalue weighted by molar-refractivity contribution is -0.115. The van der Waals surface area contributed by atoms with Crippen molar-refractivity contribution >= 4 is 45.6 Å². The maximum Gasteiger partial charge on any atom is 0.267 e. The monoisotopic (exact) mass is 323 g/mol. The first-order chi connectivity index (χ1) is 9.99. The standard InChI is InChI=1S/C14H14ClN3O2S/c1-3-11(19)18-14-16-8(2)12(21-14)13(20)17-10-6-4-9(15)5-7-10/h4-7H,3H2,1-2H3,(H,17,20)(H,16,18,19). The predicted molar refractivity (Wildman–Crippen MR) is 85.2 cm³/mol. The summed E-state index contributed by atoms with van der Waals surface area (Å²) in [5.74, 6) is -0.391. The number of anilines is 2. The van der Waals surface area contributed by atoms with Crippen LogP contribution in [0.3, 0.4) is 0 Å². The summed E-state index contributed by atoms with van der Waals surface area (Å²) >= 11 is 6.95. The molecule has 0 fully saturated rings. The first-order valence-electron chi connectivity index (χ1n) is 6.33. The molecule has 110 valence electrons. The molecule has 2 amide bonds. The number of thiazole rings is 1. The lowest BCUT2D eigenvalue weighted by Gasteiger charge is -2.03. The Labute approximate surface area is 131 Å². The number of aryl methyl sites for hydroxylation is 1. The van der Waals surface area contributed by atoms with E-state index in [0.29, 0.717) is 32.8 Å². The predicted octanol–water partition coefficient (Wildman–Crippen LogP) is 3.71. The molecule has 0 atom stereocenters. The minimum absolute atomic E-state index is 0.131. The van der Waals surface area contributed by atoms with Crippen molar-refractivity contribution in [1.29, 1.82) is 0 Å². The molecular formula is C14H14ClN3O2S. The molecule has 5 nitrogen and oxygen atoms in total. The Morgan fingerprint density at radius 2 is 1.90 bits per heavy atom. The van der Waals surface area contributed by atoms with Crippen LogP contribution in [-0.2, 0) is 4.79 Å². The van der Waals surface area contributed by atoms with Gasteiger partial charge in [-0.15, -0.1) is 0 Å². The lowest BCUT2D eigenvalue weighted by atomic mass is 10.3. The van der Waals surface area contributed by atoms with Gasteiger partial charge in [-0.25, -0.2) is 4.98 Å². The van der Waals surface area contributed by atoms with Crippen LogP contribution in [0.4, 0.5) is 10.8 Å². The lowest BCUT2D eigenvalue weighted by Crippen LogP contribution is -2.11. The van der Waals surface area contributed by atoms with Gasteiger partial charge >= 0.3 is 0 Å². The summed E-state index contributed by atoms with van der Waals surface area (Å²) in [6.45, 7) is 3.48. The highest BCUT2D eigenvalue weighted by Gasteiger charge is 2.16. The molecule has 1 aromatic heterocycles. The van der Waals surface area contributed by atoms with Crippen molar-refractivity contribution in [3.8, 4) is 0 Å². The van der Waals surface area contributed by atoms with E-state index in [1.54, 1.807) is 38.1 Å². The molecule has 7 heteroatoms. The van der Waals surface area contributed by atoms with E-state index >= 15 is 0 Å². The van der Waals surface area contributed by atoms with Crippen molar-refractivity contribution in [1.82, 2.24) is 4.98 Å². The second-order valence-electron chi connectivity index (χ2n) is 4.30. The molecule has 0 unspecified atom stereocenters. The quantitative estimate of drug-likeness (QED) is 0.901. The molecule has 0 spiro atoms. The average Bonchev–Trinajstić information content (AvgIpc) is 2.82. The highest BCUT2D eigenvalue weighted by Crippen LogP contribution is 2.24. The first kappa shape index (κ1) is 15.5. The zero-order chi connectivity index (χ0) is 15.4. The van der Waals surface area contributed by atoms with Crippen molar-refractivity contribution in [3.05, 3.63) is 39.9 Å². The van der Waals surface area contributed by atoms with Gasteiger partial charge in [0.2, 0.25) is 5.91 Å². The van der Waals surface area contributed by atoms with Crippen molar-refractivity contribution in [2.45, 2.75) is 20.3 Å². The Hall–Kier alpha value is -1.92. The number of nitrogens with one attached hydrogen (secondary N) is 2. The molecule has 0 radical (unpaired) electrons. The van der Waals surface area contributed by atoms with Gasteiger partial charge in [0.05, 0.1) is 5.69 Å². The molecule has 0 aliphatic heterocycles. The van der Waals surface area contributed by atoms with E-state index < -0.39 is 0 Å². The number of carbonyl (C=O) groups excluding carboxylic acids is 2. The highest BCUT2D eigenvalue weighted by atomic mass is 35.5. The molecular weight excluding hydrogens is 310 g/mol. The minimum Gasteiger partial charge on any atom is -0.321 e. The topological polar surface area (TPSA) is 71.1 Å². The smallest absolute Gasteiger partial charge is 0.267 e. The number of benzene rings is 1. The molecule has 2 aromatic rings. The third kappa shape index (κ3) is 4.03. The van der Waals surface area contributed by atoms with Gasteiger partial charge in [0.25, 0.3) is 5.91 Å². The zero-order valence-corrected chi connectivity index (χ0v) is 13.1. The minimum atomic E-state index is -0.260. The summed E-state index contributed by atoms with van der Waals surface area (Å²) in [5, 5.41) is 6.45. The third-order valence-electron chi connectivity index (χ3n) is 2.67. The summed E-state index contributed by atoms with van der Waals surface area (Å²) in [6.07, 6.45) is 0.366. The number of hydrogen-bond acceptors (Lipinski definition) is 4. The van der Waals surface area contributed by atoms with Gasteiger partial charge in [-0.1, -0.05) is 29.9 Å². The van der Waals surface area contributed by atoms with E-state index in [9.17, 15) is 9.59 Å². The SMILES string of the molecule is CCC(=O)Nc1nc(C)c(C(=O)Nc2ccc(Cl)cc2)s1. The van der Waals surface area contributed by atoms with Crippen LogP contribution in [0.15, 0.2) is 24.3 Å². The van der Waals surface area contributed by atoms with Gasteiger partial charge in [0.15, 0.2) is 5.13 Å². The van der Waals surface area contributed by atoms with Gasteiger partial charge in [-0.3, -0.25) is 9.59 Å². The Bertz CT molecular complexity index is 667. The molecule has 0 saturated heterocycles. The first-order valence-corrected chi connectivity index (χ1v) is 7.53. The van der Waals surface area contributed by atoms with E-state index in [1.807, 2.05) is 0 Å². The van der Waals surface area contributed by atoms with Gasteiger partial charge in [-0.2, -0.15) is 0 Å². The second kappa shape index (κ2) is 6.69.